The smallest absolute Gasteiger partial charge is 0.254 e. The van der Waals surface area contributed by atoms with E-state index in [1.54, 1.807) is 30.3 Å². The number of carbonyl (C=O) groups excluding carboxylic acids is 1. The number of ether oxygens (including phenoxy) is 1. The van der Waals surface area contributed by atoms with Crippen molar-refractivity contribution in [2.45, 2.75) is 25.3 Å². The lowest BCUT2D eigenvalue weighted by atomic mass is 9.94. The van der Waals surface area contributed by atoms with E-state index >= 15 is 4.39 Å². The van der Waals surface area contributed by atoms with Gasteiger partial charge in [0, 0.05) is 24.6 Å². The maximum absolute atomic E-state index is 15.2. The molecule has 0 radical (unpaired) electrons. The van der Waals surface area contributed by atoms with Crippen LogP contribution in [0.2, 0.25) is 0 Å². The van der Waals surface area contributed by atoms with E-state index in [0.29, 0.717) is 30.6 Å². The summed E-state index contributed by atoms with van der Waals surface area (Å²) in [5.74, 6) is -0.880. The molecule has 3 aromatic rings. The van der Waals surface area contributed by atoms with Gasteiger partial charge in [-0.25, -0.2) is 4.39 Å². The Balaban J connectivity index is 1.70. The van der Waals surface area contributed by atoms with E-state index in [9.17, 15) is 4.79 Å². The molecule has 1 aliphatic rings. The van der Waals surface area contributed by atoms with E-state index in [2.05, 4.69) is 11.4 Å². The van der Waals surface area contributed by atoms with Gasteiger partial charge in [-0.15, -0.1) is 0 Å². The molecule has 0 bridgehead atoms. The van der Waals surface area contributed by atoms with E-state index in [0.717, 1.165) is 29.4 Å². The SMILES string of the molecule is N#Cc1ccc(Cc2cc(C(=O)NC3CCOCC3)c(F)c3ccccc23)cc1. The summed E-state index contributed by atoms with van der Waals surface area (Å²) in [6.45, 7) is 1.21. The lowest BCUT2D eigenvalue weighted by Crippen LogP contribution is -2.39. The number of carbonyl (C=O) groups is 1. The molecule has 1 saturated heterocycles. The van der Waals surface area contributed by atoms with Crippen LogP contribution in [-0.2, 0) is 11.2 Å². The highest BCUT2D eigenvalue weighted by molar-refractivity contribution is 6.00. The molecule has 0 saturated carbocycles. The third kappa shape index (κ3) is 4.13. The van der Waals surface area contributed by atoms with Crippen LogP contribution in [0.25, 0.3) is 10.8 Å². The van der Waals surface area contributed by atoms with Gasteiger partial charge >= 0.3 is 0 Å². The van der Waals surface area contributed by atoms with Crippen LogP contribution in [0.1, 0.15) is 39.9 Å². The number of nitriles is 1. The predicted molar refractivity (Wildman–Crippen MR) is 109 cm³/mol. The summed E-state index contributed by atoms with van der Waals surface area (Å²) in [7, 11) is 0. The van der Waals surface area contributed by atoms with Crippen molar-refractivity contribution in [3.63, 3.8) is 0 Å². The normalized spacial score (nSPS) is 14.5. The minimum absolute atomic E-state index is 0.00379. The summed E-state index contributed by atoms with van der Waals surface area (Å²) in [5.41, 5.74) is 2.54. The van der Waals surface area contributed by atoms with Crippen LogP contribution >= 0.6 is 0 Å². The second-order valence-corrected chi connectivity index (χ2v) is 7.29. The Hall–Kier alpha value is -3.23. The molecule has 29 heavy (non-hydrogen) atoms. The molecule has 1 amide bonds. The Labute approximate surface area is 168 Å². The van der Waals surface area contributed by atoms with Gasteiger partial charge in [0.1, 0.15) is 5.82 Å². The third-order valence-corrected chi connectivity index (χ3v) is 5.34. The van der Waals surface area contributed by atoms with E-state index in [1.165, 1.54) is 0 Å². The molecule has 5 heteroatoms. The van der Waals surface area contributed by atoms with E-state index in [-0.39, 0.29) is 17.5 Å². The van der Waals surface area contributed by atoms with Crippen molar-refractivity contribution >= 4 is 16.7 Å². The fraction of sp³-hybridized carbons (Fsp3) is 0.250. The molecular formula is C24H21FN2O2. The first-order valence-electron chi connectivity index (χ1n) is 9.73. The first-order valence-corrected chi connectivity index (χ1v) is 9.73. The van der Waals surface area contributed by atoms with Crippen LogP contribution in [0, 0.1) is 17.1 Å². The molecule has 0 atom stereocenters. The van der Waals surface area contributed by atoms with Gasteiger partial charge in [-0.3, -0.25) is 4.79 Å². The summed E-state index contributed by atoms with van der Waals surface area (Å²) in [5, 5.41) is 13.2. The molecule has 3 aromatic carbocycles. The van der Waals surface area contributed by atoms with Crippen LogP contribution < -0.4 is 5.32 Å². The molecule has 146 valence electrons. The Morgan fingerprint density at radius 2 is 1.79 bits per heavy atom. The number of rotatable bonds is 4. The van der Waals surface area contributed by atoms with Gasteiger partial charge in [-0.2, -0.15) is 5.26 Å². The molecule has 0 unspecified atom stereocenters. The van der Waals surface area contributed by atoms with Crippen molar-refractivity contribution in [3.8, 4) is 6.07 Å². The number of nitrogens with one attached hydrogen (secondary N) is 1. The minimum atomic E-state index is -0.492. The van der Waals surface area contributed by atoms with Gasteiger partial charge in [0.2, 0.25) is 0 Å². The fourth-order valence-corrected chi connectivity index (χ4v) is 3.75. The molecule has 4 nitrogen and oxygen atoms in total. The summed E-state index contributed by atoms with van der Waals surface area (Å²) >= 11 is 0. The highest BCUT2D eigenvalue weighted by Crippen LogP contribution is 2.27. The number of amides is 1. The largest absolute Gasteiger partial charge is 0.381 e. The third-order valence-electron chi connectivity index (χ3n) is 5.34. The lowest BCUT2D eigenvalue weighted by molar-refractivity contribution is 0.0695. The molecular weight excluding hydrogens is 367 g/mol. The quantitative estimate of drug-likeness (QED) is 0.723. The molecule has 1 heterocycles. The fourth-order valence-electron chi connectivity index (χ4n) is 3.75. The van der Waals surface area contributed by atoms with Gasteiger partial charge in [-0.1, -0.05) is 36.4 Å². The minimum Gasteiger partial charge on any atom is -0.381 e. The molecule has 1 fully saturated rings. The summed E-state index contributed by atoms with van der Waals surface area (Å²) in [4.78, 5) is 12.8. The second kappa shape index (κ2) is 8.42. The zero-order chi connectivity index (χ0) is 20.2. The van der Waals surface area contributed by atoms with Crippen molar-refractivity contribution in [2.24, 2.45) is 0 Å². The summed E-state index contributed by atoms with van der Waals surface area (Å²) in [6, 6.07) is 18.3. The number of fused-ring (bicyclic) bond motifs is 1. The molecule has 1 N–H and O–H groups in total. The Bertz CT molecular complexity index is 1080. The van der Waals surface area contributed by atoms with Crippen molar-refractivity contribution < 1.29 is 13.9 Å². The molecule has 0 spiro atoms. The zero-order valence-electron chi connectivity index (χ0n) is 16.0. The second-order valence-electron chi connectivity index (χ2n) is 7.29. The Morgan fingerprint density at radius 3 is 2.48 bits per heavy atom. The Morgan fingerprint density at radius 1 is 1.10 bits per heavy atom. The van der Waals surface area contributed by atoms with Crippen molar-refractivity contribution in [1.29, 1.82) is 5.26 Å². The first-order chi connectivity index (χ1) is 14.2. The van der Waals surface area contributed by atoms with Crippen LogP contribution in [0.4, 0.5) is 4.39 Å². The van der Waals surface area contributed by atoms with Crippen LogP contribution in [-0.4, -0.2) is 25.2 Å². The average molecular weight is 388 g/mol. The van der Waals surface area contributed by atoms with Crippen LogP contribution in [0.5, 0.6) is 0 Å². The maximum atomic E-state index is 15.2. The molecule has 0 aliphatic carbocycles. The van der Waals surface area contributed by atoms with Gasteiger partial charge in [0.05, 0.1) is 17.2 Å². The van der Waals surface area contributed by atoms with Gasteiger partial charge < -0.3 is 10.1 Å². The van der Waals surface area contributed by atoms with Gasteiger partial charge in [0.25, 0.3) is 5.91 Å². The van der Waals surface area contributed by atoms with Crippen LogP contribution in [0.3, 0.4) is 0 Å². The number of nitrogens with zero attached hydrogens (tertiary/aromatic N) is 1. The van der Waals surface area contributed by atoms with Crippen molar-refractivity contribution in [2.75, 3.05) is 13.2 Å². The van der Waals surface area contributed by atoms with E-state index in [4.69, 9.17) is 10.00 Å². The van der Waals surface area contributed by atoms with E-state index in [1.807, 2.05) is 24.3 Å². The highest BCUT2D eigenvalue weighted by Gasteiger charge is 2.21. The lowest BCUT2D eigenvalue weighted by Gasteiger charge is -2.23. The number of benzene rings is 3. The average Bonchev–Trinajstić information content (AvgIpc) is 2.77. The number of hydrogen-bond donors (Lipinski definition) is 1. The first kappa shape index (κ1) is 19.1. The van der Waals surface area contributed by atoms with E-state index < -0.39 is 5.82 Å². The number of halogens is 1. The van der Waals surface area contributed by atoms with Crippen molar-refractivity contribution in [1.82, 2.24) is 5.32 Å². The maximum Gasteiger partial charge on any atom is 0.254 e. The summed E-state index contributed by atoms with van der Waals surface area (Å²) < 4.78 is 20.5. The zero-order valence-corrected chi connectivity index (χ0v) is 16.0. The number of hydrogen-bond acceptors (Lipinski definition) is 3. The Kier molecular flexibility index (Phi) is 5.55. The molecule has 1 aliphatic heterocycles. The van der Waals surface area contributed by atoms with Crippen LogP contribution in [0.15, 0.2) is 54.6 Å². The highest BCUT2D eigenvalue weighted by atomic mass is 19.1. The van der Waals surface area contributed by atoms with Gasteiger partial charge in [0.15, 0.2) is 0 Å². The predicted octanol–water partition coefficient (Wildman–Crippen LogP) is 4.35. The molecule has 4 rings (SSSR count). The summed E-state index contributed by atoms with van der Waals surface area (Å²) in [6.07, 6.45) is 2.02. The topological polar surface area (TPSA) is 62.1 Å². The standard InChI is InChI=1S/C24H21FN2O2/c25-23-21-4-2-1-3-20(21)18(13-16-5-7-17(15-26)8-6-16)14-22(23)24(28)27-19-9-11-29-12-10-19/h1-8,14,19H,9-13H2,(H,27,28). The monoisotopic (exact) mass is 388 g/mol. The molecule has 0 aromatic heterocycles. The van der Waals surface area contributed by atoms with Gasteiger partial charge in [-0.05, 0) is 54.0 Å². The van der Waals surface area contributed by atoms with Crippen molar-refractivity contribution in [3.05, 3.63) is 82.7 Å².